The molecule has 0 N–H and O–H groups in total. The van der Waals surface area contributed by atoms with Crippen LogP contribution in [0.4, 0.5) is 5.69 Å². The number of rotatable bonds is 3. The minimum atomic E-state index is 0.144. The number of aryl methyl sites for hydroxylation is 1. The van der Waals surface area contributed by atoms with Gasteiger partial charge in [-0.15, -0.1) is 0 Å². The summed E-state index contributed by atoms with van der Waals surface area (Å²) in [7, 11) is 0. The summed E-state index contributed by atoms with van der Waals surface area (Å²) in [6, 6.07) is 20.5. The zero-order chi connectivity index (χ0) is 17.9. The first-order chi connectivity index (χ1) is 12.7. The molecular formula is C22H23N3O. The van der Waals surface area contributed by atoms with Gasteiger partial charge in [0.1, 0.15) is 0 Å². The maximum atomic E-state index is 12.7. The Balaban J connectivity index is 1.40. The quantitative estimate of drug-likeness (QED) is 0.723. The summed E-state index contributed by atoms with van der Waals surface area (Å²) >= 11 is 0. The molecule has 1 aliphatic rings. The maximum absolute atomic E-state index is 12.7. The largest absolute Gasteiger partial charge is 0.368 e. The predicted octanol–water partition coefficient (Wildman–Crippen LogP) is 3.75. The smallest absolute Gasteiger partial charge is 0.254 e. The molecule has 1 aliphatic heterocycles. The maximum Gasteiger partial charge on any atom is 0.254 e. The van der Waals surface area contributed by atoms with Gasteiger partial charge in [0.15, 0.2) is 0 Å². The molecule has 0 saturated carbocycles. The minimum absolute atomic E-state index is 0.144. The summed E-state index contributed by atoms with van der Waals surface area (Å²) in [6.45, 7) is 5.23. The second-order valence-electron chi connectivity index (χ2n) is 6.70. The number of benzene rings is 2. The molecule has 0 bridgehead atoms. The van der Waals surface area contributed by atoms with Gasteiger partial charge in [-0.1, -0.05) is 18.2 Å². The van der Waals surface area contributed by atoms with Gasteiger partial charge >= 0.3 is 0 Å². The van der Waals surface area contributed by atoms with Crippen LogP contribution in [0.15, 0.2) is 73.1 Å². The second-order valence-corrected chi connectivity index (χ2v) is 6.70. The lowest BCUT2D eigenvalue weighted by Gasteiger charge is -2.36. The SMILES string of the molecule is Cc1ccccc1C(=O)N1CCN(c2ccc(-n3cccc3)cc2)CC1. The molecule has 26 heavy (non-hydrogen) atoms. The van der Waals surface area contributed by atoms with Crippen LogP contribution in [0.25, 0.3) is 5.69 Å². The van der Waals surface area contributed by atoms with Crippen LogP contribution >= 0.6 is 0 Å². The molecule has 4 nitrogen and oxygen atoms in total. The van der Waals surface area contributed by atoms with Gasteiger partial charge in [-0.2, -0.15) is 0 Å². The predicted molar refractivity (Wildman–Crippen MR) is 105 cm³/mol. The van der Waals surface area contributed by atoms with E-state index in [1.54, 1.807) is 0 Å². The Kier molecular flexibility index (Phi) is 4.48. The number of amides is 1. The molecule has 0 aliphatic carbocycles. The summed E-state index contributed by atoms with van der Waals surface area (Å²) in [5.74, 6) is 0.144. The molecule has 0 radical (unpaired) electrons. The van der Waals surface area contributed by atoms with E-state index in [2.05, 4.69) is 33.7 Å². The van der Waals surface area contributed by atoms with Crippen molar-refractivity contribution in [2.75, 3.05) is 31.1 Å². The van der Waals surface area contributed by atoms with E-state index in [9.17, 15) is 4.79 Å². The molecule has 2 heterocycles. The fraction of sp³-hybridized carbons (Fsp3) is 0.227. The third kappa shape index (κ3) is 3.23. The molecule has 0 unspecified atom stereocenters. The standard InChI is InChI=1S/C22H23N3O/c1-18-6-2-3-7-21(18)22(26)25-16-14-24(15-17-25)20-10-8-19(9-11-20)23-12-4-5-13-23/h2-13H,14-17H2,1H3. The van der Waals surface area contributed by atoms with Crippen LogP contribution in [-0.4, -0.2) is 41.6 Å². The molecular weight excluding hydrogens is 322 g/mol. The summed E-state index contributed by atoms with van der Waals surface area (Å²) < 4.78 is 2.10. The highest BCUT2D eigenvalue weighted by Gasteiger charge is 2.23. The van der Waals surface area contributed by atoms with Crippen molar-refractivity contribution >= 4 is 11.6 Å². The van der Waals surface area contributed by atoms with Crippen LogP contribution in [0, 0.1) is 6.92 Å². The van der Waals surface area contributed by atoms with Crippen LogP contribution in [-0.2, 0) is 0 Å². The first-order valence-corrected chi connectivity index (χ1v) is 9.05. The molecule has 1 saturated heterocycles. The molecule has 4 rings (SSSR count). The first kappa shape index (κ1) is 16.5. The minimum Gasteiger partial charge on any atom is -0.368 e. The number of piperazine rings is 1. The zero-order valence-electron chi connectivity index (χ0n) is 15.0. The average Bonchev–Trinajstić information content (AvgIpc) is 3.23. The van der Waals surface area contributed by atoms with E-state index in [1.807, 2.05) is 60.6 Å². The van der Waals surface area contributed by atoms with Crippen molar-refractivity contribution in [3.05, 3.63) is 84.2 Å². The highest BCUT2D eigenvalue weighted by molar-refractivity contribution is 5.95. The molecule has 3 aromatic rings. The van der Waals surface area contributed by atoms with Gasteiger partial charge in [0, 0.05) is 55.5 Å². The van der Waals surface area contributed by atoms with Crippen LogP contribution in [0.1, 0.15) is 15.9 Å². The Hall–Kier alpha value is -3.01. The zero-order valence-corrected chi connectivity index (χ0v) is 15.0. The number of aromatic nitrogens is 1. The van der Waals surface area contributed by atoms with E-state index in [-0.39, 0.29) is 5.91 Å². The summed E-state index contributed by atoms with van der Waals surface area (Å²) in [4.78, 5) is 17.1. The molecule has 2 aromatic carbocycles. The van der Waals surface area contributed by atoms with Crippen molar-refractivity contribution in [2.24, 2.45) is 0 Å². The highest BCUT2D eigenvalue weighted by atomic mass is 16.2. The lowest BCUT2D eigenvalue weighted by molar-refractivity contribution is 0.0746. The van der Waals surface area contributed by atoms with Gasteiger partial charge < -0.3 is 14.4 Å². The van der Waals surface area contributed by atoms with Crippen molar-refractivity contribution in [3.8, 4) is 5.69 Å². The van der Waals surface area contributed by atoms with Crippen LogP contribution < -0.4 is 4.90 Å². The van der Waals surface area contributed by atoms with Gasteiger partial charge in [0.2, 0.25) is 0 Å². The topological polar surface area (TPSA) is 28.5 Å². The van der Waals surface area contributed by atoms with Crippen LogP contribution in [0.2, 0.25) is 0 Å². The molecule has 1 amide bonds. The first-order valence-electron chi connectivity index (χ1n) is 9.05. The van der Waals surface area contributed by atoms with Crippen molar-refractivity contribution < 1.29 is 4.79 Å². The third-order valence-electron chi connectivity index (χ3n) is 5.06. The molecule has 4 heteroatoms. The number of hydrogen-bond acceptors (Lipinski definition) is 2. The van der Waals surface area contributed by atoms with Gasteiger partial charge in [-0.25, -0.2) is 0 Å². The summed E-state index contributed by atoms with van der Waals surface area (Å²) in [5.41, 5.74) is 4.23. The number of carbonyl (C=O) groups excluding carboxylic acids is 1. The van der Waals surface area contributed by atoms with Crippen molar-refractivity contribution in [1.82, 2.24) is 9.47 Å². The number of hydrogen-bond donors (Lipinski definition) is 0. The fourth-order valence-corrected chi connectivity index (χ4v) is 3.49. The Morgan fingerprint density at radius 2 is 1.38 bits per heavy atom. The summed E-state index contributed by atoms with van der Waals surface area (Å²) in [5, 5.41) is 0. The van der Waals surface area contributed by atoms with E-state index in [0.29, 0.717) is 0 Å². The Morgan fingerprint density at radius 3 is 2.04 bits per heavy atom. The Morgan fingerprint density at radius 1 is 0.769 bits per heavy atom. The summed E-state index contributed by atoms with van der Waals surface area (Å²) in [6.07, 6.45) is 4.09. The van der Waals surface area contributed by atoms with Gasteiger partial charge in [-0.3, -0.25) is 4.79 Å². The van der Waals surface area contributed by atoms with Gasteiger partial charge in [0.25, 0.3) is 5.91 Å². The molecule has 132 valence electrons. The Labute approximate surface area is 154 Å². The van der Waals surface area contributed by atoms with E-state index >= 15 is 0 Å². The molecule has 0 spiro atoms. The molecule has 0 atom stereocenters. The van der Waals surface area contributed by atoms with E-state index < -0.39 is 0 Å². The highest BCUT2D eigenvalue weighted by Crippen LogP contribution is 2.20. The van der Waals surface area contributed by atoms with Gasteiger partial charge in [0.05, 0.1) is 0 Å². The molecule has 1 fully saturated rings. The van der Waals surface area contributed by atoms with E-state index in [0.717, 1.165) is 43.0 Å². The Bertz CT molecular complexity index is 876. The molecule has 1 aromatic heterocycles. The number of anilines is 1. The number of carbonyl (C=O) groups is 1. The van der Waals surface area contributed by atoms with Crippen LogP contribution in [0.5, 0.6) is 0 Å². The monoisotopic (exact) mass is 345 g/mol. The van der Waals surface area contributed by atoms with Crippen molar-refractivity contribution in [1.29, 1.82) is 0 Å². The van der Waals surface area contributed by atoms with E-state index in [4.69, 9.17) is 0 Å². The lowest BCUT2D eigenvalue weighted by atomic mass is 10.1. The van der Waals surface area contributed by atoms with Crippen molar-refractivity contribution in [3.63, 3.8) is 0 Å². The van der Waals surface area contributed by atoms with Crippen molar-refractivity contribution in [2.45, 2.75) is 6.92 Å². The normalized spacial score (nSPS) is 14.5. The second kappa shape index (κ2) is 7.08. The van der Waals surface area contributed by atoms with E-state index in [1.165, 1.54) is 5.69 Å². The third-order valence-corrected chi connectivity index (χ3v) is 5.06. The van der Waals surface area contributed by atoms with Gasteiger partial charge in [-0.05, 0) is 55.0 Å². The fourth-order valence-electron chi connectivity index (χ4n) is 3.49. The lowest BCUT2D eigenvalue weighted by Crippen LogP contribution is -2.48. The average molecular weight is 345 g/mol. The number of nitrogens with zero attached hydrogens (tertiary/aromatic N) is 3. The van der Waals surface area contributed by atoms with Crippen LogP contribution in [0.3, 0.4) is 0 Å².